The lowest BCUT2D eigenvalue weighted by Crippen LogP contribution is -2.18. The van der Waals surface area contributed by atoms with E-state index in [2.05, 4.69) is 21.3 Å². The minimum Gasteiger partial charge on any atom is -0.495 e. The van der Waals surface area contributed by atoms with Crippen LogP contribution in [0.25, 0.3) is 109 Å². The number of nitrogens with one attached hydrogen (secondary N) is 4. The van der Waals surface area contributed by atoms with Crippen molar-refractivity contribution in [3.63, 3.8) is 0 Å². The predicted octanol–water partition coefficient (Wildman–Crippen LogP) is 18.7. The van der Waals surface area contributed by atoms with Gasteiger partial charge < -0.3 is 98.4 Å². The first-order valence-corrected chi connectivity index (χ1v) is 42.6. The van der Waals surface area contributed by atoms with Crippen molar-refractivity contribution in [2.24, 2.45) is 0 Å². The van der Waals surface area contributed by atoms with Crippen LogP contribution >= 0.6 is 71.5 Å². The molecule has 17 aromatic rings. The van der Waals surface area contributed by atoms with E-state index in [1.165, 1.54) is 36.5 Å². The number of pyridine rings is 5. The van der Waals surface area contributed by atoms with Crippen LogP contribution < -0.4 is 72.1 Å². The van der Waals surface area contributed by atoms with Gasteiger partial charge >= 0.3 is 29.8 Å². The summed E-state index contributed by atoms with van der Waals surface area (Å²) < 4.78 is 34.9. The lowest BCUT2D eigenvalue weighted by atomic mass is 10.1. The number of nitrogens with zero attached hydrogens (tertiary/aromatic N) is 5. The molecule has 0 aliphatic carbocycles. The van der Waals surface area contributed by atoms with Gasteiger partial charge in [-0.05, 0) is 197 Å². The first-order chi connectivity index (χ1) is 63.7. The summed E-state index contributed by atoms with van der Waals surface area (Å²) in [5.41, 5.74) is 7.98. The summed E-state index contributed by atoms with van der Waals surface area (Å²) >= 11 is 31.0. The molecule has 17 rings (SSSR count). The lowest BCUT2D eigenvalue weighted by molar-refractivity contribution is -0.138. The zero-order chi connectivity index (χ0) is 95.7. The number of fused-ring (bicyclic) bond motifs is 10. The number of hydrogen-bond acceptors (Lipinski definition) is 20. The van der Waals surface area contributed by atoms with Crippen LogP contribution in [-0.4, -0.2) is 138 Å². The van der Waals surface area contributed by atoms with E-state index >= 15 is 0 Å². The molecular formula is C98H86Cl5N9O21S. The zero-order valence-corrected chi connectivity index (χ0v) is 77.4. The highest BCUT2D eigenvalue weighted by Gasteiger charge is 2.26. The van der Waals surface area contributed by atoms with Gasteiger partial charge in [0.2, 0.25) is 0 Å². The Morgan fingerprint density at radius 1 is 0.336 bits per heavy atom. The summed E-state index contributed by atoms with van der Waals surface area (Å²) in [4.78, 5) is 122. The second-order valence-electron chi connectivity index (χ2n) is 30.4. The molecule has 0 aliphatic heterocycles. The summed E-state index contributed by atoms with van der Waals surface area (Å²) in [5.74, 6) is -3.52. The molecule has 134 heavy (non-hydrogen) atoms. The molecule has 0 fully saturated rings. The normalized spacial score (nSPS) is 11.2. The molecule has 0 spiro atoms. The number of aliphatic hydroxyl groups is 1. The zero-order valence-electron chi connectivity index (χ0n) is 72.6. The molecule has 5 heterocycles. The second kappa shape index (κ2) is 42.7. The Kier molecular flexibility index (Phi) is 31.3. The molecule has 690 valence electrons. The largest absolute Gasteiger partial charge is 0.495 e. The van der Waals surface area contributed by atoms with Crippen molar-refractivity contribution < 1.29 is 78.3 Å². The Hall–Kier alpha value is -14.7. The van der Waals surface area contributed by atoms with E-state index in [1.54, 1.807) is 180 Å². The molecule has 0 saturated heterocycles. The van der Waals surface area contributed by atoms with Gasteiger partial charge in [-0.2, -0.15) is 13.5 Å². The molecule has 10 N–H and O–H groups in total. The Balaban J connectivity index is 0.000000151. The van der Waals surface area contributed by atoms with E-state index < -0.39 is 36.0 Å². The molecule has 0 saturated carbocycles. The fourth-order valence-corrected chi connectivity index (χ4v) is 16.8. The van der Waals surface area contributed by atoms with Gasteiger partial charge in [-0.1, -0.05) is 100 Å². The molecule has 30 nitrogen and oxygen atoms in total. The van der Waals surface area contributed by atoms with Crippen LogP contribution in [0.4, 0.5) is 34.1 Å². The molecule has 0 aliphatic rings. The van der Waals surface area contributed by atoms with E-state index in [9.17, 15) is 78.6 Å². The third-order valence-electron chi connectivity index (χ3n) is 21.2. The number of methoxy groups -OCH3 is 4. The molecule has 36 heteroatoms. The number of ether oxygens (including phenoxy) is 5. The molecule has 5 aromatic heterocycles. The number of aromatic nitrogens is 5. The number of carbonyl (C=O) groups is 5. The quantitative estimate of drug-likeness (QED) is 0.0251. The monoisotopic (exact) mass is 1930 g/mol. The van der Waals surface area contributed by atoms with E-state index in [4.69, 9.17) is 81.7 Å². The van der Waals surface area contributed by atoms with Crippen molar-refractivity contribution in [2.45, 2.75) is 65.6 Å². The van der Waals surface area contributed by atoms with Gasteiger partial charge in [0.15, 0.2) is 50.1 Å². The summed E-state index contributed by atoms with van der Waals surface area (Å²) in [6, 6.07) is 62.4. The number of carboxylic acid groups (broad SMARTS) is 5. The Morgan fingerprint density at radius 2 is 0.657 bits per heavy atom. The van der Waals surface area contributed by atoms with Crippen LogP contribution in [0.2, 0.25) is 25.1 Å². The smallest absolute Gasteiger partial charge is 0.323 e. The fourth-order valence-electron chi connectivity index (χ4n) is 15.7. The van der Waals surface area contributed by atoms with Crippen LogP contribution in [0.1, 0.15) is 20.8 Å². The van der Waals surface area contributed by atoms with Gasteiger partial charge in [0, 0.05) is 78.9 Å². The van der Waals surface area contributed by atoms with Crippen LogP contribution in [0, 0.1) is 0 Å². The average molecular weight is 1940 g/mol. The van der Waals surface area contributed by atoms with Crippen molar-refractivity contribution >= 4 is 245 Å². The first kappa shape index (κ1) is 98.3. The highest BCUT2D eigenvalue weighted by molar-refractivity contribution is 7.59. The molecular weight excluding hydrogens is 1850 g/mol. The third kappa shape index (κ3) is 20.9. The minimum atomic E-state index is -1.06. The Bertz CT molecular complexity index is 7870. The Labute approximate surface area is 792 Å². The van der Waals surface area contributed by atoms with Crippen LogP contribution in [0.3, 0.4) is 0 Å². The van der Waals surface area contributed by atoms with Crippen molar-refractivity contribution in [1.82, 2.24) is 22.8 Å². The summed E-state index contributed by atoms with van der Waals surface area (Å²) in [7, 11) is 7.63. The Morgan fingerprint density at radius 3 is 1.07 bits per heavy atom. The van der Waals surface area contributed by atoms with Crippen molar-refractivity contribution in [2.75, 3.05) is 63.4 Å². The molecule has 0 amide bonds. The number of rotatable bonds is 24. The highest BCUT2D eigenvalue weighted by atomic mass is 35.5. The van der Waals surface area contributed by atoms with E-state index in [0.29, 0.717) is 136 Å². The van der Waals surface area contributed by atoms with Gasteiger partial charge in [0.05, 0.1) is 137 Å². The number of benzene rings is 12. The fraction of sp³-hybridized carbons (Fsp3) is 0.163. The number of para-hydroxylation sites is 4. The van der Waals surface area contributed by atoms with Gasteiger partial charge in [0.1, 0.15) is 45.1 Å². The maximum Gasteiger partial charge on any atom is 0.323 e. The SMILES string of the molecule is CNc1ccc2c(=O)c3ccc(Cl)c(OC)c3n(CC(=O)O)c2c1.COc1c(Cl)ccc2c(=O)c3ccc(NC(C)C)cc3n(CC(=O)O)c12.COc1ccccc1Nc1ccc2c(=O)c3ccc(Cl)c(OC)c3n(CC(=O)O)c2c1.C[C@H](O)COc1c(Cl)ccc2c(=O)c3ccccc3n(CC(=O)O)c12.O=C(O)Cn1c2cc(Cl)ccc2c(=O)c2ccc(Nc3ccccc3)cc21.S. The average Bonchev–Trinajstić information content (AvgIpc) is 0.958. The second-order valence-corrected chi connectivity index (χ2v) is 32.4. The van der Waals surface area contributed by atoms with Gasteiger partial charge in [0.25, 0.3) is 0 Å². The van der Waals surface area contributed by atoms with Crippen molar-refractivity contribution in [3.05, 3.63) is 295 Å². The summed E-state index contributed by atoms with van der Waals surface area (Å²) in [6.45, 7) is 3.86. The van der Waals surface area contributed by atoms with Crippen LogP contribution in [-0.2, 0) is 56.7 Å². The maximum absolute atomic E-state index is 13.2. The van der Waals surface area contributed by atoms with Crippen molar-refractivity contribution in [3.8, 4) is 28.7 Å². The molecule has 1 atom stereocenters. The summed E-state index contributed by atoms with van der Waals surface area (Å²) in [5, 5.41) is 74.8. The van der Waals surface area contributed by atoms with Crippen molar-refractivity contribution in [1.29, 1.82) is 0 Å². The predicted molar refractivity (Wildman–Crippen MR) is 533 cm³/mol. The number of aliphatic carboxylic acids is 5. The highest BCUT2D eigenvalue weighted by Crippen LogP contribution is 2.41. The van der Waals surface area contributed by atoms with E-state index in [-0.39, 0.29) is 119 Å². The molecule has 0 radical (unpaired) electrons. The van der Waals surface area contributed by atoms with E-state index in [1.807, 2.05) is 80.6 Å². The van der Waals surface area contributed by atoms with Crippen LogP contribution in [0.15, 0.2) is 242 Å². The maximum atomic E-state index is 13.2. The molecule has 0 unspecified atom stereocenters. The number of aliphatic hydroxyl groups excluding tert-OH is 1. The third-order valence-corrected chi connectivity index (χ3v) is 22.6. The molecule has 0 bridgehead atoms. The minimum absolute atomic E-state index is 0. The number of hydrogen-bond donors (Lipinski definition) is 10. The van der Waals surface area contributed by atoms with E-state index in [0.717, 1.165) is 28.4 Å². The number of halogens is 5. The number of carboxylic acids is 5. The topological polar surface area (TPSA) is 411 Å². The standard InChI is InChI=1S/C23H19ClN2O5.C21H15ClN2O3.C19H19ClN2O4.C18H16ClNO5.C17H15ClN2O4.H2S/c1-30-19-6-4-3-5-17(19)25-13-7-8-14-18(11-13)26(12-20(27)28)21-15(22(14)29)9-10-16(24)23(21)31-2;22-13-6-8-16-18(10-13)24(12-20(25)26)19-11-15(7-9-17(19)21(16)27)23-14-4-2-1-3-5-14;1-10(2)21-11-4-5-12-15(8-11)22(9-16(23)24)17-13(18(12)25)6-7-14(20)19(17)26-3;1-10(21)9-25-18-13(19)7-6-12-16(18)20(8-15(22)23)14-5-3-2-4-11(14)17(12)24;1-19-9-3-4-10-13(7-9)20(8-14(21)22)15-11(16(10)23)5-6-12(18)17(15)24-2;/h3-11,25H,12H2,1-2H3,(H,27,28);1-11,23H,12H2,(H,25,26);4-8,10,21H,9H2,1-3H3,(H,23,24);2-7,10,21H,8-9H2,1H3,(H,22,23);3-7,19H,8H2,1-2H3,(H,21,22);1H2/t;;;10-;;/m...0../s1. The molecule has 12 aromatic carbocycles. The number of anilines is 6. The van der Waals surface area contributed by atoms with Gasteiger partial charge in [-0.25, -0.2) is 0 Å². The lowest BCUT2D eigenvalue weighted by Gasteiger charge is -2.18. The first-order valence-electron chi connectivity index (χ1n) is 40.7. The van der Waals surface area contributed by atoms with Crippen LogP contribution in [0.5, 0.6) is 28.7 Å². The summed E-state index contributed by atoms with van der Waals surface area (Å²) in [6.07, 6.45) is -0.744. The van der Waals surface area contributed by atoms with Gasteiger partial charge in [-0.15, -0.1) is 0 Å². The van der Waals surface area contributed by atoms with Gasteiger partial charge in [-0.3, -0.25) is 47.9 Å².